The van der Waals surface area contributed by atoms with Crippen LogP contribution in [0, 0.1) is 5.92 Å². The molecule has 1 unspecified atom stereocenters. The zero-order chi connectivity index (χ0) is 29.1. The minimum Gasteiger partial charge on any atom is -0.475 e. The van der Waals surface area contributed by atoms with Gasteiger partial charge in [0.1, 0.15) is 0 Å². The molecule has 1 saturated heterocycles. The van der Waals surface area contributed by atoms with E-state index in [1.54, 1.807) is 36.4 Å². The second-order valence-electron chi connectivity index (χ2n) is 10.2. The largest absolute Gasteiger partial charge is 0.490 e. The monoisotopic (exact) mass is 581 g/mol. The quantitative estimate of drug-likeness (QED) is 0.373. The highest BCUT2D eigenvalue weighted by molar-refractivity contribution is 6.30. The van der Waals surface area contributed by atoms with Crippen molar-refractivity contribution >= 4 is 29.4 Å². The molecule has 2 amide bonds. The van der Waals surface area contributed by atoms with Crippen molar-refractivity contribution in [3.8, 4) is 0 Å². The standard InChI is InChI=1S/C27H34ClN3O2.C2HF3O2/c28-24-14-8-20(9-15-24)17-29-26(32)22-10-12-23(13-11-22)27(33)30-18-25-7-4-16-31(25)19-21-5-2-1-3-6-21;3-2(4,5)1(6)7/h8-15,21,25H,1-7,16-19H2,(H,29,32)(H,30,33);(H,6,7). The number of rotatable bonds is 8. The van der Waals surface area contributed by atoms with E-state index in [-0.39, 0.29) is 11.8 Å². The van der Waals surface area contributed by atoms with Gasteiger partial charge in [-0.15, -0.1) is 0 Å². The van der Waals surface area contributed by atoms with Crippen molar-refractivity contribution in [2.24, 2.45) is 5.92 Å². The van der Waals surface area contributed by atoms with E-state index in [0.717, 1.165) is 24.4 Å². The Kier molecular flexibility index (Phi) is 11.8. The van der Waals surface area contributed by atoms with Crippen molar-refractivity contribution in [3.05, 3.63) is 70.2 Å². The molecule has 2 fully saturated rings. The van der Waals surface area contributed by atoms with Crippen molar-refractivity contribution in [1.29, 1.82) is 0 Å². The molecule has 2 aromatic rings. The molecule has 4 rings (SSSR count). The molecule has 1 heterocycles. The van der Waals surface area contributed by atoms with Gasteiger partial charge in [-0.3, -0.25) is 14.5 Å². The number of halogens is 4. The summed E-state index contributed by atoms with van der Waals surface area (Å²) in [5, 5.41) is 13.8. The lowest BCUT2D eigenvalue weighted by molar-refractivity contribution is -0.192. The van der Waals surface area contributed by atoms with Gasteiger partial charge in [0.15, 0.2) is 0 Å². The van der Waals surface area contributed by atoms with E-state index in [0.29, 0.717) is 35.3 Å². The minimum atomic E-state index is -5.08. The highest BCUT2D eigenvalue weighted by Gasteiger charge is 2.38. The number of hydrogen-bond acceptors (Lipinski definition) is 4. The van der Waals surface area contributed by atoms with Crippen LogP contribution in [0.2, 0.25) is 5.02 Å². The minimum absolute atomic E-state index is 0.0763. The fourth-order valence-electron chi connectivity index (χ4n) is 5.04. The summed E-state index contributed by atoms with van der Waals surface area (Å²) in [7, 11) is 0. The van der Waals surface area contributed by atoms with Crippen molar-refractivity contribution < 1.29 is 32.7 Å². The normalized spacial score (nSPS) is 17.9. The lowest BCUT2D eigenvalue weighted by Crippen LogP contribution is -2.42. The molecule has 1 saturated carbocycles. The first kappa shape index (κ1) is 31.4. The molecule has 11 heteroatoms. The van der Waals surface area contributed by atoms with Gasteiger partial charge in [0.05, 0.1) is 0 Å². The van der Waals surface area contributed by atoms with Gasteiger partial charge in [-0.25, -0.2) is 4.79 Å². The smallest absolute Gasteiger partial charge is 0.475 e. The number of carboxylic acids is 1. The van der Waals surface area contributed by atoms with E-state index in [2.05, 4.69) is 15.5 Å². The van der Waals surface area contributed by atoms with Crippen LogP contribution in [0.4, 0.5) is 13.2 Å². The maximum Gasteiger partial charge on any atom is 0.490 e. The van der Waals surface area contributed by atoms with Crippen LogP contribution in [0.15, 0.2) is 48.5 Å². The van der Waals surface area contributed by atoms with Crippen molar-refractivity contribution in [2.45, 2.75) is 63.7 Å². The third kappa shape index (κ3) is 10.1. The lowest BCUT2D eigenvalue weighted by atomic mass is 9.89. The summed E-state index contributed by atoms with van der Waals surface area (Å²) in [4.78, 5) is 36.6. The molecular formula is C29H35ClF3N3O4. The van der Waals surface area contributed by atoms with Crippen molar-refractivity contribution in [1.82, 2.24) is 15.5 Å². The third-order valence-corrected chi connectivity index (χ3v) is 7.48. The first-order valence-electron chi connectivity index (χ1n) is 13.5. The van der Waals surface area contributed by atoms with E-state index >= 15 is 0 Å². The maximum absolute atomic E-state index is 12.7. The highest BCUT2D eigenvalue weighted by Crippen LogP contribution is 2.27. The van der Waals surface area contributed by atoms with E-state index in [9.17, 15) is 22.8 Å². The fraction of sp³-hybridized carbons (Fsp3) is 0.483. The number of benzene rings is 2. The van der Waals surface area contributed by atoms with Crippen LogP contribution >= 0.6 is 11.6 Å². The topological polar surface area (TPSA) is 98.7 Å². The van der Waals surface area contributed by atoms with E-state index < -0.39 is 12.1 Å². The van der Waals surface area contributed by atoms with Gasteiger partial charge in [-0.05, 0) is 80.1 Å². The Balaban J connectivity index is 0.000000559. The number of carbonyl (C=O) groups excluding carboxylic acids is 2. The Bertz CT molecular complexity index is 1120. The van der Waals surface area contributed by atoms with Crippen molar-refractivity contribution in [3.63, 3.8) is 0 Å². The highest BCUT2D eigenvalue weighted by atomic mass is 35.5. The number of likely N-dealkylation sites (tertiary alicyclic amines) is 1. The average molecular weight is 582 g/mol. The van der Waals surface area contributed by atoms with Crippen LogP contribution in [0.3, 0.4) is 0 Å². The summed E-state index contributed by atoms with van der Waals surface area (Å²) in [5.41, 5.74) is 2.10. The SMILES string of the molecule is O=C(NCc1ccc(Cl)cc1)c1ccc(C(=O)NCC2CCCN2CC2CCCCC2)cc1.O=C(O)C(F)(F)F. The second-order valence-corrected chi connectivity index (χ2v) is 10.6. The molecule has 1 aliphatic heterocycles. The third-order valence-electron chi connectivity index (χ3n) is 7.23. The molecule has 3 N–H and O–H groups in total. The maximum atomic E-state index is 12.7. The number of hydrogen-bond donors (Lipinski definition) is 3. The van der Waals surface area contributed by atoms with Gasteiger partial charge in [0.2, 0.25) is 0 Å². The molecule has 1 aliphatic carbocycles. The number of alkyl halides is 3. The first-order valence-corrected chi connectivity index (χ1v) is 13.9. The molecule has 0 radical (unpaired) electrons. The first-order chi connectivity index (χ1) is 19.0. The van der Waals surface area contributed by atoms with Crippen molar-refractivity contribution in [2.75, 3.05) is 19.6 Å². The van der Waals surface area contributed by atoms with Gasteiger partial charge in [-0.2, -0.15) is 13.2 Å². The molecular weight excluding hydrogens is 547 g/mol. The van der Waals surface area contributed by atoms with Gasteiger partial charge in [0.25, 0.3) is 11.8 Å². The average Bonchev–Trinajstić information content (AvgIpc) is 3.38. The number of amides is 2. The molecule has 2 aromatic carbocycles. The fourth-order valence-corrected chi connectivity index (χ4v) is 5.17. The molecule has 0 spiro atoms. The summed E-state index contributed by atoms with van der Waals surface area (Å²) in [6.45, 7) is 3.45. The van der Waals surface area contributed by atoms with Crippen LogP contribution in [-0.4, -0.2) is 59.6 Å². The number of nitrogens with zero attached hydrogens (tertiary/aromatic N) is 1. The van der Waals surface area contributed by atoms with Gasteiger partial charge < -0.3 is 15.7 Å². The van der Waals surface area contributed by atoms with Gasteiger partial charge in [0, 0.05) is 41.8 Å². The van der Waals surface area contributed by atoms with Crippen LogP contribution in [-0.2, 0) is 11.3 Å². The van der Waals surface area contributed by atoms with E-state index in [4.69, 9.17) is 21.5 Å². The van der Waals surface area contributed by atoms with Crippen LogP contribution in [0.25, 0.3) is 0 Å². The molecule has 0 aromatic heterocycles. The Hall–Kier alpha value is -3.11. The summed E-state index contributed by atoms with van der Waals surface area (Å²) in [5.74, 6) is -2.17. The molecule has 218 valence electrons. The molecule has 2 aliphatic rings. The Morgan fingerprint density at radius 1 is 0.850 bits per heavy atom. The molecule has 7 nitrogen and oxygen atoms in total. The van der Waals surface area contributed by atoms with Crippen LogP contribution < -0.4 is 10.6 Å². The molecule has 1 atom stereocenters. The number of carboxylic acid groups (broad SMARTS) is 1. The van der Waals surface area contributed by atoms with Crippen LogP contribution in [0.5, 0.6) is 0 Å². The predicted molar refractivity (Wildman–Crippen MR) is 146 cm³/mol. The lowest BCUT2D eigenvalue weighted by Gasteiger charge is -2.31. The summed E-state index contributed by atoms with van der Waals surface area (Å²) >= 11 is 5.89. The molecule has 0 bridgehead atoms. The van der Waals surface area contributed by atoms with E-state index in [1.807, 2.05) is 12.1 Å². The van der Waals surface area contributed by atoms with Gasteiger partial charge in [-0.1, -0.05) is 43.0 Å². The van der Waals surface area contributed by atoms with Crippen LogP contribution in [0.1, 0.15) is 71.2 Å². The zero-order valence-electron chi connectivity index (χ0n) is 22.2. The summed E-state index contributed by atoms with van der Waals surface area (Å²) in [6, 6.07) is 14.7. The Labute approximate surface area is 237 Å². The second kappa shape index (κ2) is 15.0. The molecule has 40 heavy (non-hydrogen) atoms. The number of nitrogens with one attached hydrogen (secondary N) is 2. The zero-order valence-corrected chi connectivity index (χ0v) is 22.9. The Morgan fingerprint density at radius 2 is 1.40 bits per heavy atom. The number of carbonyl (C=O) groups is 3. The predicted octanol–water partition coefficient (Wildman–Crippen LogP) is 5.68. The number of aliphatic carboxylic acids is 1. The van der Waals surface area contributed by atoms with E-state index in [1.165, 1.54) is 45.1 Å². The Morgan fingerprint density at radius 3 is 1.95 bits per heavy atom. The summed E-state index contributed by atoms with van der Waals surface area (Å²) < 4.78 is 31.7. The summed E-state index contributed by atoms with van der Waals surface area (Å²) in [6.07, 6.45) is 4.13. The van der Waals surface area contributed by atoms with Gasteiger partial charge >= 0.3 is 12.1 Å².